The third-order valence-corrected chi connectivity index (χ3v) is 4.02. The van der Waals surface area contributed by atoms with E-state index < -0.39 is 17.2 Å². The minimum absolute atomic E-state index is 0.0197. The first-order chi connectivity index (χ1) is 9.89. The number of carbonyl (C=O) groups is 2. The van der Waals surface area contributed by atoms with Gasteiger partial charge in [-0.1, -0.05) is 36.4 Å². The number of aryl methyl sites for hydroxylation is 2. The largest absolute Gasteiger partial charge is 0.507 e. The number of aromatic hydroxyl groups is 1. The lowest BCUT2D eigenvalue weighted by Crippen LogP contribution is -2.39. The molecule has 0 amide bonds. The van der Waals surface area contributed by atoms with E-state index >= 15 is 0 Å². The zero-order valence-corrected chi connectivity index (χ0v) is 11.7. The van der Waals surface area contributed by atoms with E-state index in [4.69, 9.17) is 0 Å². The Kier molecular flexibility index (Phi) is 2.75. The molecule has 3 rings (SSSR count). The van der Waals surface area contributed by atoms with Crippen molar-refractivity contribution < 1.29 is 19.8 Å². The Morgan fingerprint density at radius 3 is 1.86 bits per heavy atom. The van der Waals surface area contributed by atoms with Crippen molar-refractivity contribution in [3.8, 4) is 5.75 Å². The Labute approximate surface area is 121 Å². The van der Waals surface area contributed by atoms with Gasteiger partial charge in [0.05, 0.1) is 0 Å². The number of fused-ring (bicyclic) bond motifs is 1. The second kappa shape index (κ2) is 4.27. The predicted octanol–water partition coefficient (Wildman–Crippen LogP) is 2.28. The first-order valence-corrected chi connectivity index (χ1v) is 6.59. The van der Waals surface area contributed by atoms with Gasteiger partial charge in [-0.2, -0.15) is 0 Å². The first-order valence-electron chi connectivity index (χ1n) is 6.59. The summed E-state index contributed by atoms with van der Waals surface area (Å²) < 4.78 is 0. The van der Waals surface area contributed by atoms with E-state index in [9.17, 15) is 19.8 Å². The highest BCUT2D eigenvalue weighted by atomic mass is 16.3. The topological polar surface area (TPSA) is 74.6 Å². The second-order valence-corrected chi connectivity index (χ2v) is 5.34. The lowest BCUT2D eigenvalue weighted by Gasteiger charge is -2.23. The van der Waals surface area contributed by atoms with Gasteiger partial charge in [0.15, 0.2) is 0 Å². The van der Waals surface area contributed by atoms with Gasteiger partial charge in [0.25, 0.3) is 0 Å². The van der Waals surface area contributed by atoms with Crippen molar-refractivity contribution in [1.29, 1.82) is 0 Å². The molecule has 106 valence electrons. The van der Waals surface area contributed by atoms with E-state index in [1.165, 1.54) is 12.1 Å². The van der Waals surface area contributed by atoms with Gasteiger partial charge >= 0.3 is 0 Å². The Morgan fingerprint density at radius 2 is 1.33 bits per heavy atom. The van der Waals surface area contributed by atoms with Crippen LogP contribution in [0.4, 0.5) is 0 Å². The summed E-state index contributed by atoms with van der Waals surface area (Å²) >= 11 is 0. The minimum atomic E-state index is -2.34. The fraction of sp³-hybridized carbons (Fsp3) is 0.176. The molecule has 0 radical (unpaired) electrons. The van der Waals surface area contributed by atoms with Gasteiger partial charge in [0, 0.05) is 16.7 Å². The Bertz CT molecular complexity index is 754. The molecule has 2 aromatic carbocycles. The molecule has 0 saturated carbocycles. The predicted molar refractivity (Wildman–Crippen MR) is 76.6 cm³/mol. The molecule has 0 saturated heterocycles. The van der Waals surface area contributed by atoms with E-state index in [1.807, 2.05) is 0 Å². The van der Waals surface area contributed by atoms with E-state index in [1.54, 1.807) is 38.1 Å². The zero-order chi connectivity index (χ0) is 15.4. The first kappa shape index (κ1) is 13.5. The molecule has 1 aliphatic carbocycles. The van der Waals surface area contributed by atoms with Crippen molar-refractivity contribution in [2.45, 2.75) is 19.4 Å². The van der Waals surface area contributed by atoms with Crippen molar-refractivity contribution in [2.75, 3.05) is 0 Å². The van der Waals surface area contributed by atoms with Crippen LogP contribution in [0.2, 0.25) is 0 Å². The van der Waals surface area contributed by atoms with Crippen molar-refractivity contribution in [3.63, 3.8) is 0 Å². The summed E-state index contributed by atoms with van der Waals surface area (Å²) in [5.74, 6) is -1.59. The molecule has 0 atom stereocenters. The highest BCUT2D eigenvalue weighted by molar-refractivity contribution is 6.32. The molecule has 2 N–H and O–H groups in total. The SMILES string of the molecule is Cc1ccc(C)c(C2(O)C(=O)c3ccccc3C2=O)c1O. The lowest BCUT2D eigenvalue weighted by atomic mass is 9.84. The van der Waals surface area contributed by atoms with Crippen LogP contribution in [-0.2, 0) is 5.60 Å². The lowest BCUT2D eigenvalue weighted by molar-refractivity contribution is 0.0310. The van der Waals surface area contributed by atoms with E-state index in [0.717, 1.165) is 0 Å². The molecule has 4 heteroatoms. The number of hydrogen-bond donors (Lipinski definition) is 2. The van der Waals surface area contributed by atoms with Crippen molar-refractivity contribution in [2.24, 2.45) is 0 Å². The normalized spacial score (nSPS) is 16.1. The van der Waals surface area contributed by atoms with Crippen molar-refractivity contribution >= 4 is 11.6 Å². The molecule has 0 aromatic heterocycles. The number of phenolic OH excluding ortho intramolecular Hbond substituents is 1. The fourth-order valence-electron chi connectivity index (χ4n) is 2.85. The maximum Gasteiger partial charge on any atom is 0.220 e. The summed E-state index contributed by atoms with van der Waals surface area (Å²) in [6.07, 6.45) is 0. The van der Waals surface area contributed by atoms with E-state index in [-0.39, 0.29) is 22.4 Å². The zero-order valence-electron chi connectivity index (χ0n) is 11.7. The summed E-state index contributed by atoms with van der Waals surface area (Å²) in [6.45, 7) is 3.30. The summed E-state index contributed by atoms with van der Waals surface area (Å²) in [5.41, 5.74) is -0.996. The third kappa shape index (κ3) is 1.59. The van der Waals surface area contributed by atoms with Crippen LogP contribution in [0.5, 0.6) is 5.75 Å². The number of rotatable bonds is 1. The molecule has 0 fully saturated rings. The van der Waals surface area contributed by atoms with Crippen LogP contribution in [0.15, 0.2) is 36.4 Å². The maximum absolute atomic E-state index is 12.6. The van der Waals surface area contributed by atoms with Gasteiger partial charge in [-0.3, -0.25) is 9.59 Å². The van der Waals surface area contributed by atoms with Crippen LogP contribution < -0.4 is 0 Å². The average Bonchev–Trinajstić information content (AvgIpc) is 2.67. The third-order valence-electron chi connectivity index (χ3n) is 4.02. The van der Waals surface area contributed by atoms with Crippen LogP contribution >= 0.6 is 0 Å². The van der Waals surface area contributed by atoms with Crippen LogP contribution in [0.3, 0.4) is 0 Å². The maximum atomic E-state index is 12.6. The summed E-state index contributed by atoms with van der Waals surface area (Å²) in [7, 11) is 0. The van der Waals surface area contributed by atoms with Crippen LogP contribution in [-0.4, -0.2) is 21.8 Å². The number of aliphatic hydroxyl groups is 1. The number of ketones is 2. The molecule has 0 heterocycles. The molecule has 0 spiro atoms. The quantitative estimate of drug-likeness (QED) is 0.787. The Hall–Kier alpha value is -2.46. The van der Waals surface area contributed by atoms with Gasteiger partial charge in [-0.15, -0.1) is 0 Å². The van der Waals surface area contributed by atoms with Crippen molar-refractivity contribution in [3.05, 3.63) is 64.2 Å². The van der Waals surface area contributed by atoms with Gasteiger partial charge in [-0.25, -0.2) is 0 Å². The highest BCUT2D eigenvalue weighted by Crippen LogP contribution is 2.43. The van der Waals surface area contributed by atoms with Gasteiger partial charge in [-0.05, 0) is 25.0 Å². The minimum Gasteiger partial charge on any atom is -0.507 e. The number of hydrogen-bond acceptors (Lipinski definition) is 4. The number of phenols is 1. The average molecular weight is 282 g/mol. The van der Waals surface area contributed by atoms with E-state index in [0.29, 0.717) is 11.1 Å². The molecular formula is C17H14O4. The number of carbonyl (C=O) groups excluding carboxylic acids is 2. The molecular weight excluding hydrogens is 268 g/mol. The molecule has 1 aliphatic rings. The Balaban J connectivity index is 2.32. The molecule has 0 aliphatic heterocycles. The smallest absolute Gasteiger partial charge is 0.220 e. The van der Waals surface area contributed by atoms with Gasteiger partial charge in [0.1, 0.15) is 5.75 Å². The summed E-state index contributed by atoms with van der Waals surface area (Å²) in [5, 5.41) is 21.1. The van der Waals surface area contributed by atoms with Crippen LogP contribution in [0, 0.1) is 13.8 Å². The molecule has 2 aromatic rings. The summed E-state index contributed by atoms with van der Waals surface area (Å²) in [4.78, 5) is 25.1. The van der Waals surface area contributed by atoms with Crippen molar-refractivity contribution in [1.82, 2.24) is 0 Å². The van der Waals surface area contributed by atoms with Crippen LogP contribution in [0.25, 0.3) is 0 Å². The van der Waals surface area contributed by atoms with Crippen LogP contribution in [0.1, 0.15) is 37.4 Å². The number of Topliss-reactive ketones (excluding diaryl/α,β-unsaturated/α-hetero) is 2. The summed E-state index contributed by atoms with van der Waals surface area (Å²) in [6, 6.07) is 9.64. The van der Waals surface area contributed by atoms with E-state index in [2.05, 4.69) is 0 Å². The monoisotopic (exact) mass is 282 g/mol. The van der Waals surface area contributed by atoms with Gasteiger partial charge in [0.2, 0.25) is 17.2 Å². The second-order valence-electron chi connectivity index (χ2n) is 5.34. The Morgan fingerprint density at radius 1 is 0.857 bits per heavy atom. The van der Waals surface area contributed by atoms with Gasteiger partial charge < -0.3 is 10.2 Å². The standard InChI is InChI=1S/C17H14O4/c1-9-7-8-10(2)14(18)13(9)17(21)15(19)11-5-3-4-6-12(11)16(17)20/h3-8,18,21H,1-2H3. The number of benzene rings is 2. The fourth-order valence-corrected chi connectivity index (χ4v) is 2.85. The molecule has 4 nitrogen and oxygen atoms in total. The molecule has 0 bridgehead atoms. The molecule has 21 heavy (non-hydrogen) atoms. The molecule has 0 unspecified atom stereocenters. The highest BCUT2D eigenvalue weighted by Gasteiger charge is 2.55.